The Hall–Kier alpha value is 0.240. The summed E-state index contributed by atoms with van der Waals surface area (Å²) in [7, 11) is 0. The zero-order valence-corrected chi connectivity index (χ0v) is 16.1. The number of hydrogen-bond donors (Lipinski definition) is 0. The molecule has 4 nitrogen and oxygen atoms in total. The van der Waals surface area contributed by atoms with E-state index in [1.807, 2.05) is 11.7 Å². The van der Waals surface area contributed by atoms with Gasteiger partial charge in [0.15, 0.2) is 0 Å². The van der Waals surface area contributed by atoms with Crippen molar-refractivity contribution < 1.29 is 34.0 Å². The highest BCUT2D eigenvalue weighted by molar-refractivity contribution is 9.09. The van der Waals surface area contributed by atoms with Crippen LogP contribution in [0.2, 0.25) is 0 Å². The van der Waals surface area contributed by atoms with Gasteiger partial charge in [0.05, 0.1) is 12.1 Å². The lowest BCUT2D eigenvalue weighted by atomic mass is 10.9. The Balaban J connectivity index is -0.00000000791. The fraction of sp³-hybridized carbons (Fsp3) is 0.500. The zero-order chi connectivity index (χ0) is 13.4. The number of hydrogen-bond acceptors (Lipinski definition) is 2. The molecule has 0 aromatic rings. The minimum atomic E-state index is 0. The predicted octanol–water partition coefficient (Wildman–Crippen LogP) is -2.40. The molecule has 0 N–H and O–H groups in total. The van der Waals surface area contributed by atoms with Gasteiger partial charge in [-0.25, -0.2) is 13.4 Å². The van der Waals surface area contributed by atoms with Crippen LogP contribution in [-0.4, -0.2) is 25.1 Å². The van der Waals surface area contributed by atoms with E-state index in [-0.39, 0.29) is 34.0 Å². The minimum absolute atomic E-state index is 0. The molecule has 0 saturated carbocycles. The Bertz CT molecular complexity index is 97.6. The smallest absolute Gasteiger partial charge is 0.0587 e. The molecular weight excluding hydrogens is 474 g/mol. The highest BCUT2D eigenvalue weighted by Gasteiger charge is 1.18. The molecule has 0 fully saturated rings. The minimum Gasteiger partial charge on any atom is -1.00 e. The van der Waals surface area contributed by atoms with Gasteiger partial charge in [0, 0.05) is 13.8 Å². The zero-order valence-electron chi connectivity index (χ0n) is 9.71. The van der Waals surface area contributed by atoms with Crippen LogP contribution in [0.15, 0.2) is 0 Å². The van der Waals surface area contributed by atoms with Crippen LogP contribution in [-0.2, 0) is 0 Å². The molecule has 0 aromatic heterocycles. The first-order valence-electron chi connectivity index (χ1n) is 2.84. The van der Waals surface area contributed by atoms with Gasteiger partial charge >= 0.3 is 0 Å². The molecule has 0 bridgehead atoms. The third kappa shape index (κ3) is 43300. The summed E-state index contributed by atoms with van der Waals surface area (Å²) in [5.41, 5.74) is 0. The lowest BCUT2D eigenvalue weighted by molar-refractivity contribution is -0.00100. The lowest BCUT2D eigenvalue weighted by Gasteiger charge is -1.29. The van der Waals surface area contributed by atoms with E-state index in [1.165, 1.54) is 13.8 Å². The molecule has 0 radical (unpaired) electrons. The molecule has 0 heterocycles. The number of alkyl halides is 2. The van der Waals surface area contributed by atoms with Crippen molar-refractivity contribution in [3.63, 3.8) is 0 Å². The van der Waals surface area contributed by atoms with Gasteiger partial charge in [-0.2, -0.15) is 10.5 Å². The number of nitriles is 2. The number of nitrogens with zero attached hydrogens (tertiary/aromatic N) is 4. The first-order chi connectivity index (χ1) is 6.83. The quantitative estimate of drug-likeness (QED) is 0.216. The second-order valence-electron chi connectivity index (χ2n) is 0.447. The van der Waals surface area contributed by atoms with Gasteiger partial charge in [0.2, 0.25) is 0 Å². The van der Waals surface area contributed by atoms with E-state index < -0.39 is 0 Å². The average molecular weight is 490 g/mol. The topological polar surface area (TPSA) is 92.2 Å². The van der Waals surface area contributed by atoms with Crippen LogP contribution < -0.4 is 34.0 Å². The summed E-state index contributed by atoms with van der Waals surface area (Å²) in [6, 6.07) is 3.50. The molecule has 0 rings (SSSR count). The van der Waals surface area contributed by atoms with Crippen LogP contribution >= 0.6 is 31.9 Å². The third-order valence-corrected chi connectivity index (χ3v) is 0. The van der Waals surface area contributed by atoms with Crippen LogP contribution in [0.4, 0.5) is 0 Å². The van der Waals surface area contributed by atoms with Crippen molar-refractivity contribution in [1.29, 1.82) is 10.5 Å². The fourth-order valence-corrected chi connectivity index (χ4v) is 0. The normalized spacial score (nSPS) is 2.25. The van der Waals surface area contributed by atoms with Gasteiger partial charge in [-0.05, 0) is 11.7 Å². The van der Waals surface area contributed by atoms with Gasteiger partial charge < -0.3 is 44.8 Å². The Kier molecular flexibility index (Phi) is 2140. The van der Waals surface area contributed by atoms with E-state index in [0.29, 0.717) is 0 Å². The van der Waals surface area contributed by atoms with Crippen molar-refractivity contribution in [1.82, 2.24) is 0 Å². The average Bonchev–Trinajstić information content (AvgIpc) is 2.31. The lowest BCUT2D eigenvalue weighted by Crippen LogP contribution is -3.00. The van der Waals surface area contributed by atoms with Gasteiger partial charge in [-0.1, -0.05) is 31.9 Å². The second-order valence-corrected chi connectivity index (χ2v) is 0.447. The van der Waals surface area contributed by atoms with Crippen LogP contribution in [0, 0.1) is 22.7 Å². The molecule has 8 heteroatoms. The number of halogens is 4. The molecule has 0 spiro atoms. The van der Waals surface area contributed by atoms with Gasteiger partial charge in [0.1, 0.15) is 0 Å². The molecular formula is C8H16Br4N4-4. The van der Waals surface area contributed by atoms with Crippen LogP contribution in [0.5, 0.6) is 0 Å². The van der Waals surface area contributed by atoms with Crippen molar-refractivity contribution in [2.45, 2.75) is 13.8 Å². The fourth-order valence-electron chi connectivity index (χ4n) is 0. The maximum atomic E-state index is 7.32. The number of rotatable bonds is 0. The van der Waals surface area contributed by atoms with Crippen molar-refractivity contribution in [3.05, 3.63) is 10.8 Å². The molecule has 0 amide bonds. The first kappa shape index (κ1) is 55.6. The summed E-state index contributed by atoms with van der Waals surface area (Å²) >= 11 is 5.88. The molecule has 0 atom stereocenters. The second kappa shape index (κ2) is 616. The van der Waals surface area contributed by atoms with E-state index in [2.05, 4.69) is 45.3 Å². The highest BCUT2D eigenvalue weighted by atomic mass is 79.9. The largest absolute Gasteiger partial charge is 1.00 e. The highest BCUT2D eigenvalue weighted by Crippen LogP contribution is 1.45. The van der Waals surface area contributed by atoms with E-state index in [1.54, 1.807) is 12.1 Å². The Morgan fingerprint density at radius 1 is 0.750 bits per heavy atom. The van der Waals surface area contributed by atoms with Crippen molar-refractivity contribution in [3.8, 4) is 12.1 Å². The van der Waals surface area contributed by atoms with Crippen molar-refractivity contribution in [2.75, 3.05) is 11.7 Å². The summed E-state index contributed by atoms with van der Waals surface area (Å²) in [5, 5.41) is 28.1. The van der Waals surface area contributed by atoms with Crippen LogP contribution in [0.3, 0.4) is 0 Å². The Labute approximate surface area is 137 Å². The third-order valence-electron chi connectivity index (χ3n) is 0. The van der Waals surface area contributed by atoms with E-state index in [4.69, 9.17) is 21.3 Å². The summed E-state index contributed by atoms with van der Waals surface area (Å²) in [4.78, 5) is 0. The Morgan fingerprint density at radius 2 is 0.750 bits per heavy atom. The standard InChI is InChI=1S/2C2H3N.2CH3Br.2CH2N.2BrH/c2*1-2-3;4*1-2;;/h2*1H3;2*1H3;2*1H2;2*1H/q;;;;2*-1;;/p-2/i1+1;1+0;1+1;1+0;;;;. The summed E-state index contributed by atoms with van der Waals surface area (Å²) in [5.74, 6) is 3.62. The van der Waals surface area contributed by atoms with Gasteiger partial charge in [-0.15, -0.1) is 0 Å². The van der Waals surface area contributed by atoms with Crippen molar-refractivity contribution in [2.24, 2.45) is 0 Å². The van der Waals surface area contributed by atoms with Gasteiger partial charge in [0.25, 0.3) is 0 Å². The van der Waals surface area contributed by atoms with Gasteiger partial charge in [-0.3, -0.25) is 0 Å². The molecule has 100 valence electrons. The summed E-state index contributed by atoms with van der Waals surface area (Å²) in [6.45, 7) is 7.36. The van der Waals surface area contributed by atoms with Crippen molar-refractivity contribution >= 4 is 45.3 Å². The predicted molar refractivity (Wildman–Crippen MR) is 73.2 cm³/mol. The Morgan fingerprint density at radius 3 is 0.750 bits per heavy atom. The first-order valence-corrected chi connectivity index (χ1v) is 6.01. The molecule has 0 saturated heterocycles. The summed E-state index contributed by atoms with van der Waals surface area (Å²) in [6.07, 6.45) is 0. The monoisotopic (exact) mass is 486 g/mol. The van der Waals surface area contributed by atoms with E-state index in [0.717, 1.165) is 0 Å². The molecule has 0 aliphatic rings. The molecule has 16 heavy (non-hydrogen) atoms. The maximum Gasteiger partial charge on any atom is 0.0587 e. The molecule has 0 aliphatic carbocycles. The van der Waals surface area contributed by atoms with E-state index in [9.17, 15) is 0 Å². The molecule has 0 aromatic carbocycles. The van der Waals surface area contributed by atoms with E-state index >= 15 is 0 Å². The molecule has 0 aliphatic heterocycles. The maximum absolute atomic E-state index is 7.32. The van der Waals surface area contributed by atoms with Crippen LogP contribution in [0.25, 0.3) is 10.8 Å². The van der Waals surface area contributed by atoms with Crippen LogP contribution in [0.1, 0.15) is 13.8 Å². The SMILES string of the molecule is C=[N-].C=[N-].[12CH3]Br.[12CH3]C#N.[13CH3]Br.[13CH3]C#N.[Br-].[Br-]. The molecule has 0 unspecified atom stereocenters. The summed E-state index contributed by atoms with van der Waals surface area (Å²) < 4.78 is 0.